The molecule has 110 valence electrons. The van der Waals surface area contributed by atoms with E-state index in [1.807, 2.05) is 0 Å². The zero-order valence-corrected chi connectivity index (χ0v) is 11.6. The van der Waals surface area contributed by atoms with Gasteiger partial charge in [0.05, 0.1) is 6.61 Å². The van der Waals surface area contributed by atoms with Crippen molar-refractivity contribution in [1.82, 2.24) is 10.6 Å². The fourth-order valence-corrected chi connectivity index (χ4v) is 2.23. The molecule has 0 aliphatic heterocycles. The van der Waals surface area contributed by atoms with Crippen LogP contribution in [0, 0.1) is 0 Å². The second-order valence-corrected chi connectivity index (χ2v) is 5.01. The Hall–Kier alpha value is -1.14. The molecule has 0 aromatic rings. The molecular formula is C13H25N3O3. The molecule has 1 fully saturated rings. The van der Waals surface area contributed by atoms with Gasteiger partial charge in [0.25, 0.3) is 0 Å². The molecule has 0 aromatic carbocycles. The standard InChI is InChI=1S/C13H25N3O3/c1-19-9-11(14)13(18)15-8-7-12(17)16-10-5-3-2-4-6-10/h10-11H,2-9,14H2,1H3,(H,15,18)(H,16,17). The highest BCUT2D eigenvalue weighted by Crippen LogP contribution is 2.17. The smallest absolute Gasteiger partial charge is 0.239 e. The molecule has 19 heavy (non-hydrogen) atoms. The van der Waals surface area contributed by atoms with Gasteiger partial charge in [0.2, 0.25) is 11.8 Å². The molecule has 0 radical (unpaired) electrons. The maximum absolute atomic E-state index is 11.7. The van der Waals surface area contributed by atoms with Crippen LogP contribution in [0.25, 0.3) is 0 Å². The quantitative estimate of drug-likeness (QED) is 0.603. The average molecular weight is 271 g/mol. The van der Waals surface area contributed by atoms with E-state index in [-0.39, 0.29) is 18.4 Å². The highest BCUT2D eigenvalue weighted by molar-refractivity contribution is 5.82. The van der Waals surface area contributed by atoms with E-state index in [1.165, 1.54) is 26.4 Å². The second kappa shape index (κ2) is 8.87. The number of carbonyl (C=O) groups is 2. The molecule has 6 heteroatoms. The van der Waals surface area contributed by atoms with Gasteiger partial charge in [-0.3, -0.25) is 9.59 Å². The van der Waals surface area contributed by atoms with Gasteiger partial charge in [-0.25, -0.2) is 0 Å². The molecule has 1 aliphatic carbocycles. The minimum Gasteiger partial charge on any atom is -0.383 e. The molecule has 1 saturated carbocycles. The second-order valence-electron chi connectivity index (χ2n) is 5.01. The Morgan fingerprint density at radius 1 is 1.32 bits per heavy atom. The molecule has 4 N–H and O–H groups in total. The molecular weight excluding hydrogens is 246 g/mol. The van der Waals surface area contributed by atoms with E-state index in [0.717, 1.165) is 12.8 Å². The number of hydrogen-bond donors (Lipinski definition) is 3. The van der Waals surface area contributed by atoms with Gasteiger partial charge in [0, 0.05) is 26.1 Å². The monoisotopic (exact) mass is 271 g/mol. The zero-order chi connectivity index (χ0) is 14.1. The van der Waals surface area contributed by atoms with E-state index in [1.54, 1.807) is 0 Å². The molecule has 0 aromatic heterocycles. The van der Waals surface area contributed by atoms with Gasteiger partial charge in [-0.1, -0.05) is 19.3 Å². The van der Waals surface area contributed by atoms with Gasteiger partial charge in [0.15, 0.2) is 0 Å². The SMILES string of the molecule is COCC(N)C(=O)NCCC(=O)NC1CCCCC1. The lowest BCUT2D eigenvalue weighted by Gasteiger charge is -2.22. The number of nitrogens with one attached hydrogen (secondary N) is 2. The number of ether oxygens (including phenoxy) is 1. The Bertz CT molecular complexity index is 291. The van der Waals surface area contributed by atoms with Crippen molar-refractivity contribution in [3.63, 3.8) is 0 Å². The average Bonchev–Trinajstić information content (AvgIpc) is 2.40. The fourth-order valence-electron chi connectivity index (χ4n) is 2.23. The van der Waals surface area contributed by atoms with Gasteiger partial charge in [0.1, 0.15) is 6.04 Å². The minimum absolute atomic E-state index is 0.00693. The van der Waals surface area contributed by atoms with E-state index in [4.69, 9.17) is 10.5 Å². The number of hydrogen-bond acceptors (Lipinski definition) is 4. The van der Waals surface area contributed by atoms with Gasteiger partial charge in [-0.05, 0) is 12.8 Å². The van der Waals surface area contributed by atoms with Gasteiger partial charge in [-0.15, -0.1) is 0 Å². The number of rotatable bonds is 7. The molecule has 0 heterocycles. The van der Waals surface area contributed by atoms with E-state index >= 15 is 0 Å². The Balaban J connectivity index is 2.11. The summed E-state index contributed by atoms with van der Waals surface area (Å²) in [7, 11) is 1.49. The highest BCUT2D eigenvalue weighted by Gasteiger charge is 2.16. The van der Waals surface area contributed by atoms with E-state index in [2.05, 4.69) is 10.6 Å². The van der Waals surface area contributed by atoms with Crippen LogP contribution in [0.3, 0.4) is 0 Å². The van der Waals surface area contributed by atoms with Crippen molar-refractivity contribution in [2.75, 3.05) is 20.3 Å². The van der Waals surface area contributed by atoms with Crippen LogP contribution in [-0.2, 0) is 14.3 Å². The first-order chi connectivity index (χ1) is 9.13. The van der Waals surface area contributed by atoms with Crippen LogP contribution in [0.2, 0.25) is 0 Å². The summed E-state index contributed by atoms with van der Waals surface area (Å²) in [6.07, 6.45) is 6.07. The third kappa shape index (κ3) is 6.54. The lowest BCUT2D eigenvalue weighted by molar-refractivity contribution is -0.124. The van der Waals surface area contributed by atoms with Crippen LogP contribution in [0.1, 0.15) is 38.5 Å². The van der Waals surface area contributed by atoms with Gasteiger partial charge >= 0.3 is 0 Å². The number of nitrogens with two attached hydrogens (primary N) is 1. The summed E-state index contributed by atoms with van der Waals surface area (Å²) in [6, 6.07) is -0.362. The van der Waals surface area contributed by atoms with Gasteiger partial charge < -0.3 is 21.1 Å². The Kier molecular flexibility index (Phi) is 7.43. The molecule has 1 aliphatic rings. The third-order valence-corrected chi connectivity index (χ3v) is 3.30. The summed E-state index contributed by atoms with van der Waals surface area (Å²) < 4.78 is 4.79. The minimum atomic E-state index is -0.675. The van der Waals surface area contributed by atoms with Crippen molar-refractivity contribution >= 4 is 11.8 Å². The van der Waals surface area contributed by atoms with E-state index < -0.39 is 6.04 Å². The van der Waals surface area contributed by atoms with Crippen molar-refractivity contribution in [2.45, 2.75) is 50.6 Å². The number of methoxy groups -OCH3 is 1. The predicted octanol–water partition coefficient (Wildman–Crippen LogP) is -0.0847. The first kappa shape index (κ1) is 15.9. The first-order valence-electron chi connectivity index (χ1n) is 6.95. The Morgan fingerprint density at radius 3 is 2.63 bits per heavy atom. The number of carbonyl (C=O) groups excluding carboxylic acids is 2. The zero-order valence-electron chi connectivity index (χ0n) is 11.6. The molecule has 6 nitrogen and oxygen atoms in total. The summed E-state index contributed by atoms with van der Waals surface area (Å²) in [5, 5.41) is 5.63. The molecule has 1 unspecified atom stereocenters. The highest BCUT2D eigenvalue weighted by atomic mass is 16.5. The van der Waals surface area contributed by atoms with Gasteiger partial charge in [-0.2, -0.15) is 0 Å². The van der Waals surface area contributed by atoms with Crippen LogP contribution < -0.4 is 16.4 Å². The summed E-state index contributed by atoms with van der Waals surface area (Å²) in [5.74, 6) is -0.292. The molecule has 1 atom stereocenters. The van der Waals surface area contributed by atoms with Crippen LogP contribution in [-0.4, -0.2) is 44.2 Å². The molecule has 0 bridgehead atoms. The van der Waals surface area contributed by atoms with Crippen molar-refractivity contribution in [1.29, 1.82) is 0 Å². The predicted molar refractivity (Wildman–Crippen MR) is 72.5 cm³/mol. The summed E-state index contributed by atoms with van der Waals surface area (Å²) in [6.45, 7) is 0.495. The lowest BCUT2D eigenvalue weighted by Crippen LogP contribution is -2.45. The Labute approximate surface area is 114 Å². The lowest BCUT2D eigenvalue weighted by atomic mass is 9.95. The fraction of sp³-hybridized carbons (Fsp3) is 0.846. The summed E-state index contributed by atoms with van der Waals surface area (Å²) >= 11 is 0. The van der Waals surface area contributed by atoms with Crippen LogP contribution in [0.4, 0.5) is 0 Å². The summed E-state index contributed by atoms with van der Waals surface area (Å²) in [5.41, 5.74) is 5.56. The first-order valence-corrected chi connectivity index (χ1v) is 6.95. The molecule has 0 saturated heterocycles. The Morgan fingerprint density at radius 2 is 2.00 bits per heavy atom. The third-order valence-electron chi connectivity index (χ3n) is 3.30. The molecule has 2 amide bonds. The summed E-state index contributed by atoms with van der Waals surface area (Å²) in [4.78, 5) is 23.1. The normalized spacial score (nSPS) is 17.8. The largest absolute Gasteiger partial charge is 0.383 e. The number of amides is 2. The van der Waals surface area contributed by atoms with Crippen LogP contribution in [0.15, 0.2) is 0 Å². The topological polar surface area (TPSA) is 93.4 Å². The van der Waals surface area contributed by atoms with Crippen LogP contribution in [0.5, 0.6) is 0 Å². The van der Waals surface area contributed by atoms with E-state index in [0.29, 0.717) is 19.0 Å². The van der Waals surface area contributed by atoms with Crippen LogP contribution >= 0.6 is 0 Å². The maximum atomic E-state index is 11.7. The van der Waals surface area contributed by atoms with Crippen molar-refractivity contribution in [3.05, 3.63) is 0 Å². The van der Waals surface area contributed by atoms with Crippen molar-refractivity contribution in [2.24, 2.45) is 5.73 Å². The van der Waals surface area contributed by atoms with E-state index in [9.17, 15) is 9.59 Å². The molecule has 1 rings (SSSR count). The van der Waals surface area contributed by atoms with Crippen molar-refractivity contribution in [3.8, 4) is 0 Å². The molecule has 0 spiro atoms. The van der Waals surface area contributed by atoms with Crippen molar-refractivity contribution < 1.29 is 14.3 Å². The maximum Gasteiger partial charge on any atom is 0.239 e.